The summed E-state index contributed by atoms with van der Waals surface area (Å²) in [6.45, 7) is 4.01. The molecule has 0 saturated carbocycles. The lowest BCUT2D eigenvalue weighted by Crippen LogP contribution is -2.04. The number of aryl methyl sites for hydroxylation is 2. The van der Waals surface area contributed by atoms with Gasteiger partial charge in [-0.05, 0) is 19.4 Å². The largest absolute Gasteiger partial charge is 0.293 e. The number of benzene rings is 1. The van der Waals surface area contributed by atoms with Crippen LogP contribution in [0.3, 0.4) is 0 Å². The molecule has 1 aromatic heterocycles. The van der Waals surface area contributed by atoms with E-state index in [1.807, 2.05) is 37.4 Å². The van der Waals surface area contributed by atoms with Crippen LogP contribution in [0.1, 0.15) is 21.5 Å². The standard InChI is InChI=1S/C13H13NOS2/c1-9-3-4-11(10(2)7-9)12(15)8-17-13-14-5-6-16-13/h3-7H,8H2,1-2H3. The van der Waals surface area contributed by atoms with E-state index in [1.54, 1.807) is 17.5 Å². The second-order valence-corrected chi connectivity index (χ2v) is 5.95. The molecule has 2 nitrogen and oxygen atoms in total. The summed E-state index contributed by atoms with van der Waals surface area (Å²) in [6.07, 6.45) is 1.76. The summed E-state index contributed by atoms with van der Waals surface area (Å²) < 4.78 is 0.947. The Morgan fingerprint density at radius 1 is 1.41 bits per heavy atom. The van der Waals surface area contributed by atoms with Gasteiger partial charge in [-0.3, -0.25) is 4.79 Å². The van der Waals surface area contributed by atoms with Gasteiger partial charge in [0.2, 0.25) is 0 Å². The Morgan fingerprint density at radius 3 is 2.88 bits per heavy atom. The van der Waals surface area contributed by atoms with Crippen molar-refractivity contribution in [3.63, 3.8) is 0 Å². The van der Waals surface area contributed by atoms with Crippen LogP contribution in [0.15, 0.2) is 34.1 Å². The molecule has 1 aromatic carbocycles. The average Bonchev–Trinajstić information content (AvgIpc) is 2.78. The Bertz CT molecular complexity index is 520. The highest BCUT2D eigenvalue weighted by Gasteiger charge is 2.10. The topological polar surface area (TPSA) is 30.0 Å². The first kappa shape index (κ1) is 12.3. The zero-order valence-electron chi connectivity index (χ0n) is 9.77. The summed E-state index contributed by atoms with van der Waals surface area (Å²) in [6, 6.07) is 5.94. The second kappa shape index (κ2) is 5.47. The molecule has 0 amide bonds. The maximum Gasteiger partial charge on any atom is 0.173 e. The van der Waals surface area contributed by atoms with Crippen LogP contribution in [0.5, 0.6) is 0 Å². The van der Waals surface area contributed by atoms with Gasteiger partial charge in [0.15, 0.2) is 5.78 Å². The van der Waals surface area contributed by atoms with Crippen molar-refractivity contribution < 1.29 is 4.79 Å². The minimum atomic E-state index is 0.169. The Morgan fingerprint density at radius 2 is 2.24 bits per heavy atom. The molecule has 0 radical (unpaired) electrons. The molecule has 0 atom stereocenters. The fraction of sp³-hybridized carbons (Fsp3) is 0.231. The number of hydrogen-bond acceptors (Lipinski definition) is 4. The normalized spacial score (nSPS) is 10.5. The predicted octanol–water partition coefficient (Wildman–Crippen LogP) is 3.73. The lowest BCUT2D eigenvalue weighted by molar-refractivity contribution is 0.102. The van der Waals surface area contributed by atoms with Crippen molar-refractivity contribution in [2.75, 3.05) is 5.75 Å². The zero-order chi connectivity index (χ0) is 12.3. The first-order valence-corrected chi connectivity index (χ1v) is 7.16. The fourth-order valence-corrected chi connectivity index (χ4v) is 3.13. The maximum absolute atomic E-state index is 12.0. The molecule has 0 saturated heterocycles. The quantitative estimate of drug-likeness (QED) is 0.622. The van der Waals surface area contributed by atoms with E-state index >= 15 is 0 Å². The van der Waals surface area contributed by atoms with Gasteiger partial charge in [0.25, 0.3) is 0 Å². The van der Waals surface area contributed by atoms with Gasteiger partial charge in [0.05, 0.1) is 5.75 Å². The minimum absolute atomic E-state index is 0.169. The van der Waals surface area contributed by atoms with Crippen LogP contribution in [-0.4, -0.2) is 16.5 Å². The molecular formula is C13H13NOS2. The summed E-state index contributed by atoms with van der Waals surface area (Å²) in [7, 11) is 0. The van der Waals surface area contributed by atoms with Crippen molar-refractivity contribution in [3.05, 3.63) is 46.5 Å². The molecule has 2 rings (SSSR count). The highest BCUT2D eigenvalue weighted by molar-refractivity contribution is 8.01. The van der Waals surface area contributed by atoms with Gasteiger partial charge in [-0.25, -0.2) is 4.98 Å². The highest BCUT2D eigenvalue weighted by atomic mass is 32.2. The van der Waals surface area contributed by atoms with Crippen molar-refractivity contribution in [1.82, 2.24) is 4.98 Å². The van der Waals surface area contributed by atoms with E-state index < -0.39 is 0 Å². The van der Waals surface area contributed by atoms with Crippen molar-refractivity contribution in [3.8, 4) is 0 Å². The number of ketones is 1. The van der Waals surface area contributed by atoms with Crippen molar-refractivity contribution >= 4 is 28.9 Å². The van der Waals surface area contributed by atoms with Gasteiger partial charge in [-0.15, -0.1) is 11.3 Å². The Labute approximate surface area is 109 Å². The van der Waals surface area contributed by atoms with Crippen molar-refractivity contribution in [2.45, 2.75) is 18.2 Å². The molecule has 0 fully saturated rings. The summed E-state index contributed by atoms with van der Waals surface area (Å²) >= 11 is 3.07. The van der Waals surface area contributed by atoms with E-state index in [1.165, 1.54) is 17.3 Å². The van der Waals surface area contributed by atoms with Crippen LogP contribution in [-0.2, 0) is 0 Å². The third-order valence-corrected chi connectivity index (χ3v) is 4.38. The number of Topliss-reactive ketones (excluding diaryl/α,β-unsaturated/α-hetero) is 1. The maximum atomic E-state index is 12.0. The molecule has 4 heteroatoms. The second-order valence-electron chi connectivity index (χ2n) is 3.83. The number of thioether (sulfide) groups is 1. The van der Waals surface area contributed by atoms with Crippen molar-refractivity contribution in [2.24, 2.45) is 0 Å². The first-order chi connectivity index (χ1) is 8.16. The molecule has 0 aliphatic rings. The molecule has 0 aliphatic carbocycles. The predicted molar refractivity (Wildman–Crippen MR) is 73.1 cm³/mol. The third-order valence-electron chi connectivity index (χ3n) is 2.42. The van der Waals surface area contributed by atoms with E-state index in [2.05, 4.69) is 4.98 Å². The number of rotatable bonds is 4. The fourth-order valence-electron chi connectivity index (χ4n) is 1.61. The molecular weight excluding hydrogens is 250 g/mol. The van der Waals surface area contributed by atoms with Gasteiger partial charge in [-0.2, -0.15) is 0 Å². The van der Waals surface area contributed by atoms with Crippen LogP contribution < -0.4 is 0 Å². The molecule has 1 heterocycles. The first-order valence-electron chi connectivity index (χ1n) is 5.29. The average molecular weight is 263 g/mol. The molecule has 17 heavy (non-hydrogen) atoms. The SMILES string of the molecule is Cc1ccc(C(=O)CSc2nccs2)c(C)c1. The summed E-state index contributed by atoms with van der Waals surface area (Å²) in [5, 5.41) is 1.92. The molecule has 0 spiro atoms. The molecule has 0 bridgehead atoms. The van der Waals surface area contributed by atoms with Crippen LogP contribution in [0.4, 0.5) is 0 Å². The molecule has 0 unspecified atom stereocenters. The Hall–Kier alpha value is -1.13. The summed E-state index contributed by atoms with van der Waals surface area (Å²) in [5.74, 6) is 0.625. The van der Waals surface area contributed by atoms with E-state index in [0.717, 1.165) is 15.5 Å². The van der Waals surface area contributed by atoms with Gasteiger partial charge in [0, 0.05) is 17.1 Å². The Balaban J connectivity index is 2.04. The molecule has 2 aromatic rings. The van der Waals surface area contributed by atoms with Crippen LogP contribution in [0, 0.1) is 13.8 Å². The number of hydrogen-bond donors (Lipinski definition) is 0. The minimum Gasteiger partial charge on any atom is -0.293 e. The van der Waals surface area contributed by atoms with Gasteiger partial charge in [0.1, 0.15) is 4.34 Å². The van der Waals surface area contributed by atoms with Crippen LogP contribution >= 0.6 is 23.1 Å². The number of carbonyl (C=O) groups is 1. The van der Waals surface area contributed by atoms with Gasteiger partial charge >= 0.3 is 0 Å². The van der Waals surface area contributed by atoms with E-state index in [-0.39, 0.29) is 5.78 Å². The van der Waals surface area contributed by atoms with Crippen LogP contribution in [0.25, 0.3) is 0 Å². The molecule has 0 N–H and O–H groups in total. The molecule has 0 aliphatic heterocycles. The van der Waals surface area contributed by atoms with E-state index in [0.29, 0.717) is 5.75 Å². The molecule has 88 valence electrons. The summed E-state index contributed by atoms with van der Waals surface area (Å²) in [5.41, 5.74) is 3.06. The summed E-state index contributed by atoms with van der Waals surface area (Å²) in [4.78, 5) is 16.2. The Kier molecular flexibility index (Phi) is 3.97. The number of aromatic nitrogens is 1. The third kappa shape index (κ3) is 3.17. The van der Waals surface area contributed by atoms with Crippen LogP contribution in [0.2, 0.25) is 0 Å². The monoisotopic (exact) mass is 263 g/mol. The lowest BCUT2D eigenvalue weighted by Gasteiger charge is -2.04. The van der Waals surface area contributed by atoms with Gasteiger partial charge < -0.3 is 0 Å². The highest BCUT2D eigenvalue weighted by Crippen LogP contribution is 2.22. The smallest absolute Gasteiger partial charge is 0.173 e. The number of carbonyl (C=O) groups excluding carboxylic acids is 1. The number of nitrogens with zero attached hydrogens (tertiary/aromatic N) is 1. The van der Waals surface area contributed by atoms with Crippen molar-refractivity contribution in [1.29, 1.82) is 0 Å². The van der Waals surface area contributed by atoms with E-state index in [9.17, 15) is 4.79 Å². The lowest BCUT2D eigenvalue weighted by atomic mass is 10.0. The number of thiazole rings is 1. The zero-order valence-corrected chi connectivity index (χ0v) is 11.4. The van der Waals surface area contributed by atoms with E-state index in [4.69, 9.17) is 0 Å². The van der Waals surface area contributed by atoms with Gasteiger partial charge in [-0.1, -0.05) is 35.5 Å².